The van der Waals surface area contributed by atoms with Crippen LogP contribution in [0.15, 0.2) is 194 Å². The lowest BCUT2D eigenvalue weighted by atomic mass is 9.59. The molecule has 2 aliphatic carbocycles. The topological polar surface area (TPSA) is 34.0 Å². The number of hydrogen-bond acceptors (Lipinski definition) is 3. The summed E-state index contributed by atoms with van der Waals surface area (Å²) in [5.41, 5.74) is 6.73. The van der Waals surface area contributed by atoms with Gasteiger partial charge < -0.3 is 4.90 Å². The summed E-state index contributed by atoms with van der Waals surface area (Å²) in [5.74, 6) is 2.51. The molecule has 7 aromatic carbocycles. The van der Waals surface area contributed by atoms with Crippen molar-refractivity contribution in [1.29, 1.82) is 0 Å². The number of benzene rings is 7. The van der Waals surface area contributed by atoms with E-state index in [0.717, 1.165) is 44.6 Å². The van der Waals surface area contributed by atoms with Crippen LogP contribution in [0, 0.1) is 17.3 Å². The van der Waals surface area contributed by atoms with Gasteiger partial charge in [-0.05, 0) is 85.8 Å². The van der Waals surface area contributed by atoms with Gasteiger partial charge >= 0.3 is 0 Å². The van der Waals surface area contributed by atoms with Gasteiger partial charge in [0.1, 0.15) is 11.6 Å². The molecule has 4 atom stereocenters. The van der Waals surface area contributed by atoms with E-state index in [2.05, 4.69) is 218 Å². The van der Waals surface area contributed by atoms with Crippen LogP contribution in [0.5, 0.6) is 0 Å². The van der Waals surface area contributed by atoms with E-state index in [1.54, 1.807) is 0 Å². The largest absolute Gasteiger partial charge is 0.357 e. The molecule has 3 heterocycles. The number of imidazole rings is 1. The summed E-state index contributed by atoms with van der Waals surface area (Å²) in [4.78, 5) is 13.5. The molecule has 0 bridgehead atoms. The normalized spacial score (nSPS) is 20.5. The maximum absolute atomic E-state index is 5.56. The lowest BCUT2D eigenvalue weighted by Gasteiger charge is -2.58. The van der Waals surface area contributed by atoms with Crippen molar-refractivity contribution < 1.29 is 0 Å². The Morgan fingerprint density at radius 1 is 0.508 bits per heavy atom. The number of allylic oxidation sites excluding steroid dienone is 4. The molecule has 4 nitrogen and oxygen atoms in total. The van der Waals surface area contributed by atoms with Gasteiger partial charge in [0.2, 0.25) is 0 Å². The van der Waals surface area contributed by atoms with Crippen molar-refractivity contribution in [3.63, 3.8) is 0 Å². The summed E-state index contributed by atoms with van der Waals surface area (Å²) >= 11 is 0. The molecule has 4 unspecified atom stereocenters. The number of piperidine rings is 1. The molecule has 1 saturated heterocycles. The molecule has 0 saturated carbocycles. The Kier molecular flexibility index (Phi) is 7.49. The summed E-state index contributed by atoms with van der Waals surface area (Å²) in [6.45, 7) is 4.89. The number of pyridine rings is 1. The highest BCUT2D eigenvalue weighted by Gasteiger charge is 2.51. The Morgan fingerprint density at radius 3 is 1.64 bits per heavy atom. The van der Waals surface area contributed by atoms with E-state index in [-0.39, 0.29) is 17.5 Å². The van der Waals surface area contributed by atoms with E-state index in [0.29, 0.717) is 11.8 Å². The Hall–Kier alpha value is -7.04. The maximum Gasteiger partial charge on any atom is 0.146 e. The predicted molar refractivity (Wildman–Crippen MR) is 247 cm³/mol. The molecule has 12 rings (SSSR count). The molecule has 1 aliphatic heterocycles. The average molecular weight is 759 g/mol. The van der Waals surface area contributed by atoms with Crippen LogP contribution < -0.4 is 4.90 Å². The van der Waals surface area contributed by atoms with Crippen molar-refractivity contribution in [3.05, 3.63) is 194 Å². The second kappa shape index (κ2) is 13.0. The van der Waals surface area contributed by atoms with Crippen LogP contribution in [0.25, 0.3) is 82.5 Å². The fourth-order valence-electron chi connectivity index (χ4n) is 10.8. The minimum Gasteiger partial charge on any atom is -0.357 e. The highest BCUT2D eigenvalue weighted by atomic mass is 15.2. The van der Waals surface area contributed by atoms with Crippen LogP contribution in [0.1, 0.15) is 13.8 Å². The van der Waals surface area contributed by atoms with Crippen molar-refractivity contribution >= 4 is 59.8 Å². The number of hydrogen-bond donors (Lipinski definition) is 0. The maximum atomic E-state index is 5.56. The number of rotatable bonds is 4. The molecule has 59 heavy (non-hydrogen) atoms. The van der Waals surface area contributed by atoms with Crippen molar-refractivity contribution in [1.82, 2.24) is 14.5 Å². The van der Waals surface area contributed by atoms with E-state index in [1.807, 2.05) is 0 Å². The fraction of sp³-hybridized carbons (Fsp3) is 0.127. The molecule has 4 heteroatoms. The van der Waals surface area contributed by atoms with Crippen LogP contribution in [-0.2, 0) is 0 Å². The van der Waals surface area contributed by atoms with E-state index in [9.17, 15) is 0 Å². The zero-order chi connectivity index (χ0) is 39.2. The molecule has 0 radical (unpaired) electrons. The van der Waals surface area contributed by atoms with E-state index >= 15 is 0 Å². The average Bonchev–Trinajstić information content (AvgIpc) is 3.70. The van der Waals surface area contributed by atoms with Crippen LogP contribution in [0.3, 0.4) is 0 Å². The summed E-state index contributed by atoms with van der Waals surface area (Å²) in [7, 11) is 0. The molecule has 3 aliphatic rings. The van der Waals surface area contributed by atoms with Gasteiger partial charge in [-0.3, -0.25) is 4.57 Å². The molecule has 2 aromatic heterocycles. The highest BCUT2D eigenvalue weighted by molar-refractivity contribution is 6.24. The standard InChI is InChI=1S/C55H42N4/c1-55(2)46-23-11-13-25-48(46)58(49-26-14-12-24-47(49)55)39-30-27-35(28-31-39)54-57-52-44-21-9-7-19-42(44)43-20-8-10-22-45(43)53(52)59(54)50-32-29-38(34-56-50)51-40-17-5-3-15-36(40)33-37-16-4-6-18-41(37)51/h3-34,46-49H,1-2H3. The van der Waals surface area contributed by atoms with E-state index in [1.165, 1.54) is 43.6 Å². The summed E-state index contributed by atoms with van der Waals surface area (Å²) in [6.07, 6.45) is 20.6. The molecule has 1 fully saturated rings. The van der Waals surface area contributed by atoms with Gasteiger partial charge in [0.15, 0.2) is 0 Å². The first kappa shape index (κ1) is 34.0. The second-order valence-electron chi connectivity index (χ2n) is 17.0. The van der Waals surface area contributed by atoms with Crippen LogP contribution >= 0.6 is 0 Å². The van der Waals surface area contributed by atoms with Crippen molar-refractivity contribution in [2.75, 3.05) is 4.90 Å². The van der Waals surface area contributed by atoms with Crippen LogP contribution in [-0.4, -0.2) is 26.6 Å². The zero-order valence-corrected chi connectivity index (χ0v) is 33.1. The predicted octanol–water partition coefficient (Wildman–Crippen LogP) is 13.4. The number of aromatic nitrogens is 3. The highest BCUT2D eigenvalue weighted by Crippen LogP contribution is 2.52. The Balaban J connectivity index is 1.05. The van der Waals surface area contributed by atoms with Gasteiger partial charge in [-0.15, -0.1) is 0 Å². The molecular weight excluding hydrogens is 717 g/mol. The van der Waals surface area contributed by atoms with E-state index < -0.39 is 0 Å². The molecule has 0 amide bonds. The molecule has 0 spiro atoms. The number of anilines is 1. The number of fused-ring (bicyclic) bond motifs is 10. The van der Waals surface area contributed by atoms with Gasteiger partial charge in [0.05, 0.1) is 23.1 Å². The molecule has 9 aromatic rings. The van der Waals surface area contributed by atoms with Crippen molar-refractivity contribution in [2.45, 2.75) is 25.9 Å². The Bertz CT molecular complexity index is 3180. The third kappa shape index (κ3) is 5.09. The van der Waals surface area contributed by atoms with Crippen LogP contribution in [0.2, 0.25) is 0 Å². The minimum absolute atomic E-state index is 0.119. The van der Waals surface area contributed by atoms with Gasteiger partial charge in [0.25, 0.3) is 0 Å². The zero-order valence-electron chi connectivity index (χ0n) is 33.1. The van der Waals surface area contributed by atoms with Crippen LogP contribution in [0.4, 0.5) is 5.69 Å². The van der Waals surface area contributed by atoms with E-state index in [4.69, 9.17) is 9.97 Å². The van der Waals surface area contributed by atoms with Gasteiger partial charge in [-0.1, -0.05) is 160 Å². The SMILES string of the molecule is CC1(C)C2C=CC=CC2N(c2ccc(-c3nc4c5ccccc5c5ccccc5c4n3-c3ccc(-c4c5ccccc5cc5ccccc45)cn3)cc2)C2C=CC=CC21. The molecule has 282 valence electrons. The third-order valence-corrected chi connectivity index (χ3v) is 13.6. The summed E-state index contributed by atoms with van der Waals surface area (Å²) in [6, 6.07) is 51.1. The molecular formula is C55H42N4. The Labute approximate surface area is 343 Å². The monoisotopic (exact) mass is 758 g/mol. The lowest BCUT2D eigenvalue weighted by molar-refractivity contribution is 0.109. The fourth-order valence-corrected chi connectivity index (χ4v) is 10.8. The van der Waals surface area contributed by atoms with Crippen molar-refractivity contribution in [3.8, 4) is 28.3 Å². The smallest absolute Gasteiger partial charge is 0.146 e. The Morgan fingerprint density at radius 2 is 1.03 bits per heavy atom. The molecule has 0 N–H and O–H groups in total. The first-order chi connectivity index (χ1) is 29.0. The summed E-state index contributed by atoms with van der Waals surface area (Å²) in [5, 5.41) is 9.60. The second-order valence-corrected chi connectivity index (χ2v) is 17.0. The van der Waals surface area contributed by atoms with Gasteiger partial charge in [-0.25, -0.2) is 9.97 Å². The number of nitrogens with zero attached hydrogens (tertiary/aromatic N) is 4. The van der Waals surface area contributed by atoms with Gasteiger partial charge in [-0.2, -0.15) is 0 Å². The first-order valence-electron chi connectivity index (χ1n) is 20.8. The lowest BCUT2D eigenvalue weighted by Crippen LogP contribution is -2.61. The first-order valence-corrected chi connectivity index (χ1v) is 20.8. The third-order valence-electron chi connectivity index (χ3n) is 13.6. The summed E-state index contributed by atoms with van der Waals surface area (Å²) < 4.78 is 2.29. The quantitative estimate of drug-likeness (QED) is 0.132. The van der Waals surface area contributed by atoms with Crippen molar-refractivity contribution in [2.24, 2.45) is 17.3 Å². The minimum atomic E-state index is 0.119. The van der Waals surface area contributed by atoms with Gasteiger partial charge in [0, 0.05) is 45.6 Å².